The molecule has 0 bridgehead atoms. The number of hydrogen-bond donors (Lipinski definition) is 1. The fraction of sp³-hybridized carbons (Fsp3) is 0.400. The van der Waals surface area contributed by atoms with Gasteiger partial charge in [0.2, 0.25) is 5.91 Å². The van der Waals surface area contributed by atoms with Crippen LogP contribution in [0.5, 0.6) is 0 Å². The van der Waals surface area contributed by atoms with Gasteiger partial charge in [0, 0.05) is 0 Å². The van der Waals surface area contributed by atoms with E-state index < -0.39 is 0 Å². The standard InChI is InChI=1S/C10H12N2OS/c1-3-7-10(13)12-9(11-7)8-6(2)4-5-14-8/h4-5,7H,3H2,1-2H3,(H,11,12,13). The molecule has 1 amide bonds. The molecule has 0 saturated heterocycles. The molecular weight excluding hydrogens is 196 g/mol. The molecule has 1 N–H and O–H groups in total. The first-order valence-corrected chi connectivity index (χ1v) is 5.53. The minimum Gasteiger partial charge on any atom is -0.308 e. The van der Waals surface area contributed by atoms with Crippen molar-refractivity contribution >= 4 is 23.1 Å². The third kappa shape index (κ3) is 1.46. The van der Waals surface area contributed by atoms with Crippen molar-refractivity contribution in [2.45, 2.75) is 26.3 Å². The summed E-state index contributed by atoms with van der Waals surface area (Å²) in [7, 11) is 0. The maximum Gasteiger partial charge on any atom is 0.250 e. The average Bonchev–Trinajstić information content (AvgIpc) is 2.71. The lowest BCUT2D eigenvalue weighted by atomic mass is 10.2. The SMILES string of the molecule is CCC1N=C(c2sccc2C)NC1=O. The van der Waals surface area contributed by atoms with E-state index in [1.807, 2.05) is 25.3 Å². The molecule has 74 valence electrons. The van der Waals surface area contributed by atoms with Gasteiger partial charge in [0.25, 0.3) is 0 Å². The van der Waals surface area contributed by atoms with E-state index in [-0.39, 0.29) is 11.9 Å². The van der Waals surface area contributed by atoms with Crippen molar-refractivity contribution in [3.05, 3.63) is 21.9 Å². The summed E-state index contributed by atoms with van der Waals surface area (Å²) in [6, 6.07) is 1.85. The van der Waals surface area contributed by atoms with Crippen LogP contribution in [0.1, 0.15) is 23.8 Å². The van der Waals surface area contributed by atoms with Crippen molar-refractivity contribution in [3.63, 3.8) is 0 Å². The zero-order valence-corrected chi connectivity index (χ0v) is 9.02. The Morgan fingerprint density at radius 3 is 2.93 bits per heavy atom. The van der Waals surface area contributed by atoms with Crippen LogP contribution in [0.4, 0.5) is 0 Å². The number of amides is 1. The van der Waals surface area contributed by atoms with Gasteiger partial charge in [-0.15, -0.1) is 11.3 Å². The van der Waals surface area contributed by atoms with Crippen molar-refractivity contribution in [3.8, 4) is 0 Å². The van der Waals surface area contributed by atoms with Gasteiger partial charge in [-0.2, -0.15) is 0 Å². The molecule has 0 saturated carbocycles. The summed E-state index contributed by atoms with van der Waals surface area (Å²) >= 11 is 1.62. The van der Waals surface area contributed by atoms with Crippen LogP contribution in [0.15, 0.2) is 16.4 Å². The van der Waals surface area contributed by atoms with Gasteiger partial charge >= 0.3 is 0 Å². The van der Waals surface area contributed by atoms with E-state index in [2.05, 4.69) is 10.3 Å². The molecule has 1 aromatic rings. The maximum absolute atomic E-state index is 11.4. The van der Waals surface area contributed by atoms with Crippen LogP contribution in [-0.2, 0) is 4.79 Å². The van der Waals surface area contributed by atoms with Crippen molar-refractivity contribution in [2.24, 2.45) is 4.99 Å². The van der Waals surface area contributed by atoms with E-state index in [0.29, 0.717) is 0 Å². The number of aliphatic imine (C=N–C) groups is 1. The molecule has 0 spiro atoms. The van der Waals surface area contributed by atoms with Crippen molar-refractivity contribution in [1.29, 1.82) is 0 Å². The second-order valence-electron chi connectivity index (χ2n) is 3.32. The zero-order chi connectivity index (χ0) is 10.1. The van der Waals surface area contributed by atoms with Crippen molar-refractivity contribution < 1.29 is 4.79 Å². The molecule has 2 rings (SSSR count). The molecule has 3 nitrogen and oxygen atoms in total. The molecule has 1 atom stereocenters. The van der Waals surface area contributed by atoms with Crippen LogP contribution < -0.4 is 5.32 Å². The fourth-order valence-electron chi connectivity index (χ4n) is 1.45. The largest absolute Gasteiger partial charge is 0.308 e. The number of nitrogens with one attached hydrogen (secondary N) is 1. The number of carbonyl (C=O) groups is 1. The highest BCUT2D eigenvalue weighted by atomic mass is 32.1. The molecule has 4 heteroatoms. The van der Waals surface area contributed by atoms with Crippen molar-refractivity contribution in [2.75, 3.05) is 0 Å². The Labute approximate surface area is 86.9 Å². The lowest BCUT2D eigenvalue weighted by Gasteiger charge is -1.97. The summed E-state index contributed by atoms with van der Waals surface area (Å²) in [6.07, 6.45) is 0.764. The first-order chi connectivity index (χ1) is 6.72. The minimum atomic E-state index is -0.188. The molecular formula is C10H12N2OS. The fourth-order valence-corrected chi connectivity index (χ4v) is 2.33. The van der Waals surface area contributed by atoms with Crippen LogP contribution in [0.25, 0.3) is 0 Å². The number of aryl methyl sites for hydroxylation is 1. The van der Waals surface area contributed by atoms with E-state index in [9.17, 15) is 4.79 Å². The molecule has 14 heavy (non-hydrogen) atoms. The van der Waals surface area contributed by atoms with E-state index >= 15 is 0 Å². The van der Waals surface area contributed by atoms with Crippen LogP contribution in [0, 0.1) is 6.92 Å². The summed E-state index contributed by atoms with van der Waals surface area (Å²) in [5.74, 6) is 0.768. The number of nitrogens with zero attached hydrogens (tertiary/aromatic N) is 1. The Kier molecular flexibility index (Phi) is 2.37. The smallest absolute Gasteiger partial charge is 0.250 e. The number of hydrogen-bond acceptors (Lipinski definition) is 3. The van der Waals surface area contributed by atoms with Gasteiger partial charge < -0.3 is 5.32 Å². The predicted octanol–water partition coefficient (Wildman–Crippen LogP) is 1.71. The average molecular weight is 208 g/mol. The van der Waals surface area contributed by atoms with E-state index in [1.165, 1.54) is 5.56 Å². The number of rotatable bonds is 2. The van der Waals surface area contributed by atoms with Gasteiger partial charge in [0.05, 0.1) is 4.88 Å². The molecule has 0 radical (unpaired) electrons. The first-order valence-electron chi connectivity index (χ1n) is 4.65. The normalized spacial score (nSPS) is 20.9. The van der Waals surface area contributed by atoms with E-state index in [4.69, 9.17) is 0 Å². The van der Waals surface area contributed by atoms with Crippen LogP contribution >= 0.6 is 11.3 Å². The molecule has 0 aliphatic carbocycles. The topological polar surface area (TPSA) is 41.5 Å². The quantitative estimate of drug-likeness (QED) is 0.789. The molecule has 0 fully saturated rings. The summed E-state index contributed by atoms with van der Waals surface area (Å²) in [5.41, 5.74) is 1.17. The van der Waals surface area contributed by atoms with Gasteiger partial charge in [0.1, 0.15) is 11.9 Å². The Morgan fingerprint density at radius 2 is 2.43 bits per heavy atom. The van der Waals surface area contributed by atoms with Crippen LogP contribution in [0.3, 0.4) is 0 Å². The molecule has 1 aliphatic heterocycles. The minimum absolute atomic E-state index is 0.0234. The second kappa shape index (κ2) is 3.53. The van der Waals surface area contributed by atoms with Gasteiger partial charge in [0.15, 0.2) is 0 Å². The number of amidine groups is 1. The number of carbonyl (C=O) groups excluding carboxylic acids is 1. The van der Waals surface area contributed by atoms with Gasteiger partial charge in [-0.3, -0.25) is 9.79 Å². The monoisotopic (exact) mass is 208 g/mol. The lowest BCUT2D eigenvalue weighted by molar-refractivity contribution is -0.120. The third-order valence-corrected chi connectivity index (χ3v) is 3.32. The van der Waals surface area contributed by atoms with Crippen LogP contribution in [-0.4, -0.2) is 17.8 Å². The van der Waals surface area contributed by atoms with E-state index in [1.54, 1.807) is 11.3 Å². The maximum atomic E-state index is 11.4. The summed E-state index contributed by atoms with van der Waals surface area (Å²) in [5, 5.41) is 4.83. The molecule has 1 aromatic heterocycles. The van der Waals surface area contributed by atoms with Gasteiger partial charge in [-0.25, -0.2) is 0 Å². The Balaban J connectivity index is 2.30. The summed E-state index contributed by atoms with van der Waals surface area (Å²) in [4.78, 5) is 16.8. The summed E-state index contributed by atoms with van der Waals surface area (Å²) < 4.78 is 0. The number of thiophene rings is 1. The van der Waals surface area contributed by atoms with E-state index in [0.717, 1.165) is 17.1 Å². The molecule has 0 aromatic carbocycles. The highest BCUT2D eigenvalue weighted by molar-refractivity contribution is 7.12. The lowest BCUT2D eigenvalue weighted by Crippen LogP contribution is -2.28. The van der Waals surface area contributed by atoms with Gasteiger partial charge in [-0.05, 0) is 30.4 Å². The molecule has 2 heterocycles. The van der Waals surface area contributed by atoms with Gasteiger partial charge in [-0.1, -0.05) is 6.92 Å². The summed E-state index contributed by atoms with van der Waals surface area (Å²) in [6.45, 7) is 4.00. The molecule has 1 unspecified atom stereocenters. The van der Waals surface area contributed by atoms with Crippen LogP contribution in [0.2, 0.25) is 0 Å². The Hall–Kier alpha value is -1.16. The van der Waals surface area contributed by atoms with Crippen molar-refractivity contribution in [1.82, 2.24) is 5.32 Å². The third-order valence-electron chi connectivity index (χ3n) is 2.29. The zero-order valence-electron chi connectivity index (χ0n) is 8.20. The first kappa shape index (κ1) is 9.40. The predicted molar refractivity (Wildman–Crippen MR) is 57.8 cm³/mol. The highest BCUT2D eigenvalue weighted by Crippen LogP contribution is 2.19. The molecule has 1 aliphatic rings. The Bertz CT molecular complexity index is 395. The second-order valence-corrected chi connectivity index (χ2v) is 4.24. The Morgan fingerprint density at radius 1 is 1.64 bits per heavy atom. The highest BCUT2D eigenvalue weighted by Gasteiger charge is 2.26.